The smallest absolute Gasteiger partial charge is 0.253 e. The lowest BCUT2D eigenvalue weighted by molar-refractivity contribution is -0.118. The minimum atomic E-state index is 0.0590. The molecule has 1 N–H and O–H groups in total. The Balaban J connectivity index is 1.33. The number of pyridine rings is 1. The molecule has 0 atom stereocenters. The third kappa shape index (κ3) is 5.34. The largest absolute Gasteiger partial charge is 0.354 e. The number of H-pyrrole nitrogens is 1. The number of aromatic nitrogens is 2. The highest BCUT2D eigenvalue weighted by Gasteiger charge is 2.30. The van der Waals surface area contributed by atoms with E-state index >= 15 is 0 Å². The number of piperidine rings is 1. The van der Waals surface area contributed by atoms with Gasteiger partial charge in [0.05, 0.1) is 5.69 Å². The highest BCUT2D eigenvalue weighted by Crippen LogP contribution is 2.39. The molecule has 1 saturated heterocycles. The molecule has 2 aliphatic rings. The Morgan fingerprint density at radius 2 is 1.76 bits per heavy atom. The van der Waals surface area contributed by atoms with E-state index in [2.05, 4.69) is 41.9 Å². The van der Waals surface area contributed by atoms with Crippen molar-refractivity contribution < 1.29 is 4.79 Å². The van der Waals surface area contributed by atoms with Crippen LogP contribution in [0.3, 0.4) is 0 Å². The Bertz CT molecular complexity index is 1310. The Hall–Kier alpha value is -2.66. The second-order valence-electron chi connectivity index (χ2n) is 12.1. The average Bonchev–Trinajstić information content (AvgIpc) is 3.26. The summed E-state index contributed by atoms with van der Waals surface area (Å²) in [5, 5.41) is 1.32. The number of likely N-dealkylation sites (tertiary alicyclic amines) is 1. The molecule has 1 aliphatic carbocycles. The van der Waals surface area contributed by atoms with E-state index in [1.807, 2.05) is 26.2 Å². The normalized spacial score (nSPS) is 21.7. The summed E-state index contributed by atoms with van der Waals surface area (Å²) in [4.78, 5) is 30.2. The lowest BCUT2D eigenvalue weighted by Crippen LogP contribution is -2.42. The molecular weight excluding hydrogens is 458 g/mol. The van der Waals surface area contributed by atoms with Crippen LogP contribution in [-0.4, -0.2) is 39.4 Å². The monoisotopic (exact) mass is 501 g/mol. The summed E-state index contributed by atoms with van der Waals surface area (Å²) in [7, 11) is 1.83. The van der Waals surface area contributed by atoms with Gasteiger partial charge in [0, 0.05) is 47.7 Å². The van der Waals surface area contributed by atoms with Gasteiger partial charge in [-0.15, -0.1) is 0 Å². The third-order valence-corrected chi connectivity index (χ3v) is 9.00. The Kier molecular flexibility index (Phi) is 7.44. The first-order valence-corrected chi connectivity index (χ1v) is 14.3. The molecule has 1 saturated carbocycles. The fourth-order valence-corrected chi connectivity index (χ4v) is 7.04. The van der Waals surface area contributed by atoms with Crippen LogP contribution in [0.5, 0.6) is 0 Å². The Morgan fingerprint density at radius 1 is 1.05 bits per heavy atom. The standard InChI is InChI=1S/C32H43N3O2/c1-20(2)30-28-18-25(8-11-29(28)33-31(30)26-16-21(3)32(37)34(5)19-26)24-12-14-35(15-13-24)27-9-6-23(7-10-27)17-22(4)36/h8,11,16,18-20,23-24,27,33H,6-7,9-10,12-15,17H2,1-5H3. The van der Waals surface area contributed by atoms with Gasteiger partial charge in [0.25, 0.3) is 5.56 Å². The molecule has 1 aromatic carbocycles. The van der Waals surface area contributed by atoms with E-state index in [4.69, 9.17) is 0 Å². The van der Waals surface area contributed by atoms with Crippen molar-refractivity contribution in [3.05, 3.63) is 57.5 Å². The van der Waals surface area contributed by atoms with E-state index in [0.717, 1.165) is 23.2 Å². The Labute approximate surface area is 221 Å². The molecule has 1 aliphatic heterocycles. The number of aromatic amines is 1. The molecule has 5 rings (SSSR count). The molecule has 198 valence electrons. The topological polar surface area (TPSA) is 58.1 Å². The van der Waals surface area contributed by atoms with E-state index in [9.17, 15) is 9.59 Å². The van der Waals surface area contributed by atoms with Crippen molar-refractivity contribution in [2.45, 2.75) is 90.5 Å². The summed E-state index contributed by atoms with van der Waals surface area (Å²) >= 11 is 0. The van der Waals surface area contributed by atoms with Gasteiger partial charge in [-0.05, 0) is 113 Å². The molecule has 5 heteroatoms. The van der Waals surface area contributed by atoms with Gasteiger partial charge in [0.2, 0.25) is 0 Å². The van der Waals surface area contributed by atoms with Crippen molar-refractivity contribution >= 4 is 16.7 Å². The van der Waals surface area contributed by atoms with E-state index in [1.54, 1.807) is 11.5 Å². The quantitative estimate of drug-likeness (QED) is 0.410. The van der Waals surface area contributed by atoms with Crippen LogP contribution < -0.4 is 5.56 Å². The maximum atomic E-state index is 12.3. The molecule has 2 fully saturated rings. The van der Waals surface area contributed by atoms with Gasteiger partial charge in [0.15, 0.2) is 0 Å². The summed E-state index contributed by atoms with van der Waals surface area (Å²) in [6.45, 7) is 10.5. The van der Waals surface area contributed by atoms with Gasteiger partial charge in [-0.25, -0.2) is 0 Å². The second-order valence-corrected chi connectivity index (χ2v) is 12.1. The zero-order valence-corrected chi connectivity index (χ0v) is 23.3. The van der Waals surface area contributed by atoms with Crippen molar-refractivity contribution in [3.63, 3.8) is 0 Å². The maximum Gasteiger partial charge on any atom is 0.253 e. The Morgan fingerprint density at radius 3 is 2.38 bits per heavy atom. The molecule has 0 unspecified atom stereocenters. The first-order valence-electron chi connectivity index (χ1n) is 14.3. The van der Waals surface area contributed by atoms with E-state index < -0.39 is 0 Å². The zero-order chi connectivity index (χ0) is 26.3. The van der Waals surface area contributed by atoms with Gasteiger partial charge < -0.3 is 19.2 Å². The number of ketones is 1. The molecule has 2 aromatic heterocycles. The highest BCUT2D eigenvalue weighted by molar-refractivity contribution is 5.92. The van der Waals surface area contributed by atoms with Crippen LogP contribution in [0.25, 0.3) is 22.2 Å². The van der Waals surface area contributed by atoms with Gasteiger partial charge in [-0.1, -0.05) is 19.9 Å². The number of nitrogens with one attached hydrogen (secondary N) is 1. The molecular formula is C32H43N3O2. The molecule has 5 nitrogen and oxygen atoms in total. The number of rotatable bonds is 6. The van der Waals surface area contributed by atoms with E-state index in [-0.39, 0.29) is 5.56 Å². The third-order valence-electron chi connectivity index (χ3n) is 9.00. The van der Waals surface area contributed by atoms with Crippen LogP contribution >= 0.6 is 0 Å². The van der Waals surface area contributed by atoms with Gasteiger partial charge >= 0.3 is 0 Å². The molecule has 37 heavy (non-hydrogen) atoms. The number of carbonyl (C=O) groups is 1. The first kappa shape index (κ1) is 26.0. The van der Waals surface area contributed by atoms with Gasteiger partial charge in [-0.3, -0.25) is 4.79 Å². The van der Waals surface area contributed by atoms with Crippen molar-refractivity contribution in [1.29, 1.82) is 0 Å². The minimum absolute atomic E-state index is 0.0590. The number of fused-ring (bicyclic) bond motifs is 1. The number of carbonyl (C=O) groups excluding carboxylic acids is 1. The summed E-state index contributed by atoms with van der Waals surface area (Å²) in [5.41, 5.74) is 7.02. The van der Waals surface area contributed by atoms with Crippen molar-refractivity contribution in [2.24, 2.45) is 13.0 Å². The number of nitrogens with zero attached hydrogens (tertiary/aromatic N) is 2. The number of Topliss-reactive ketones (excluding diaryl/α,β-unsaturated/α-hetero) is 1. The fraction of sp³-hybridized carbons (Fsp3) is 0.562. The first-order chi connectivity index (χ1) is 17.7. The molecule has 0 bridgehead atoms. The van der Waals surface area contributed by atoms with Crippen molar-refractivity contribution in [2.75, 3.05) is 13.1 Å². The summed E-state index contributed by atoms with van der Waals surface area (Å²) in [6, 6.07) is 9.75. The predicted molar refractivity (Wildman–Crippen MR) is 152 cm³/mol. The van der Waals surface area contributed by atoms with E-state index in [1.165, 1.54) is 73.6 Å². The average molecular weight is 502 g/mol. The zero-order valence-electron chi connectivity index (χ0n) is 23.3. The number of benzene rings is 1. The SMILES string of the molecule is CC(=O)CC1CCC(N2CCC(c3ccc4[nH]c(-c5cc(C)c(=O)n(C)c5)c(C(C)C)c4c3)CC2)CC1. The number of hydrogen-bond acceptors (Lipinski definition) is 3. The van der Waals surface area contributed by atoms with Gasteiger partial charge in [0.1, 0.15) is 5.78 Å². The molecule has 3 heterocycles. The lowest BCUT2D eigenvalue weighted by atomic mass is 9.81. The van der Waals surface area contributed by atoms with Gasteiger partial charge in [-0.2, -0.15) is 0 Å². The van der Waals surface area contributed by atoms with Crippen LogP contribution in [0.2, 0.25) is 0 Å². The molecule has 0 amide bonds. The summed E-state index contributed by atoms with van der Waals surface area (Å²) in [5.74, 6) is 1.94. The lowest BCUT2D eigenvalue weighted by Gasteiger charge is -2.41. The molecule has 3 aromatic rings. The fourth-order valence-electron chi connectivity index (χ4n) is 7.04. The van der Waals surface area contributed by atoms with Crippen molar-refractivity contribution in [1.82, 2.24) is 14.5 Å². The van der Waals surface area contributed by atoms with Crippen molar-refractivity contribution in [3.8, 4) is 11.3 Å². The van der Waals surface area contributed by atoms with Crippen LogP contribution in [0.4, 0.5) is 0 Å². The number of aryl methyl sites for hydroxylation is 2. The van der Waals surface area contributed by atoms with Crippen LogP contribution in [0.15, 0.2) is 35.3 Å². The highest BCUT2D eigenvalue weighted by atomic mass is 16.1. The van der Waals surface area contributed by atoms with Crippen LogP contribution in [0, 0.1) is 12.8 Å². The second kappa shape index (κ2) is 10.6. The maximum absolute atomic E-state index is 12.3. The van der Waals surface area contributed by atoms with Crippen LogP contribution in [-0.2, 0) is 11.8 Å². The molecule has 0 radical (unpaired) electrons. The summed E-state index contributed by atoms with van der Waals surface area (Å²) in [6.07, 6.45) is 10.1. The van der Waals surface area contributed by atoms with Crippen LogP contribution in [0.1, 0.15) is 94.2 Å². The predicted octanol–water partition coefficient (Wildman–Crippen LogP) is 6.68. The molecule has 0 spiro atoms. The minimum Gasteiger partial charge on any atom is -0.354 e. The van der Waals surface area contributed by atoms with E-state index in [0.29, 0.717) is 29.6 Å². The number of hydrogen-bond donors (Lipinski definition) is 1. The summed E-state index contributed by atoms with van der Waals surface area (Å²) < 4.78 is 1.69.